The molecule has 0 saturated heterocycles. The van der Waals surface area contributed by atoms with Crippen LogP contribution in [0.1, 0.15) is 46.1 Å². The van der Waals surface area contributed by atoms with Crippen molar-refractivity contribution in [3.05, 3.63) is 124 Å². The predicted molar refractivity (Wildman–Crippen MR) is 156 cm³/mol. The largest absolute Gasteiger partial charge is 0.344 e. The molecule has 0 aliphatic carbocycles. The molecular formula is C32H28N6O2. The molecule has 0 aliphatic heterocycles. The Morgan fingerprint density at radius 1 is 0.925 bits per heavy atom. The van der Waals surface area contributed by atoms with Crippen LogP contribution in [0.25, 0.3) is 33.2 Å². The molecule has 8 heteroatoms. The maximum Gasteiger partial charge on any atom is 0.263 e. The highest BCUT2D eigenvalue weighted by atomic mass is 16.2. The van der Waals surface area contributed by atoms with Gasteiger partial charge in [-0.05, 0) is 80.6 Å². The summed E-state index contributed by atoms with van der Waals surface area (Å²) in [6.45, 7) is 7.49. The van der Waals surface area contributed by atoms with Crippen molar-refractivity contribution in [1.82, 2.24) is 29.5 Å². The van der Waals surface area contributed by atoms with Gasteiger partial charge >= 0.3 is 0 Å². The van der Waals surface area contributed by atoms with Gasteiger partial charge in [0, 0.05) is 35.2 Å². The van der Waals surface area contributed by atoms with Gasteiger partial charge in [0.1, 0.15) is 5.56 Å². The molecule has 0 saturated carbocycles. The fourth-order valence-electron chi connectivity index (χ4n) is 5.24. The van der Waals surface area contributed by atoms with Crippen LogP contribution in [-0.2, 0) is 0 Å². The number of aryl methyl sites for hydroxylation is 3. The molecule has 0 spiro atoms. The molecule has 2 aromatic carbocycles. The van der Waals surface area contributed by atoms with Crippen LogP contribution in [-0.4, -0.2) is 30.1 Å². The van der Waals surface area contributed by atoms with E-state index in [0.29, 0.717) is 28.0 Å². The van der Waals surface area contributed by atoms with Crippen LogP contribution >= 0.6 is 0 Å². The molecule has 4 aromatic heterocycles. The highest BCUT2D eigenvalue weighted by molar-refractivity contribution is 6.01. The number of pyridine rings is 2. The van der Waals surface area contributed by atoms with Gasteiger partial charge < -0.3 is 5.32 Å². The number of amides is 1. The van der Waals surface area contributed by atoms with E-state index < -0.39 is 6.04 Å². The fraction of sp³-hybridized carbons (Fsp3) is 0.156. The van der Waals surface area contributed by atoms with Gasteiger partial charge in [0.15, 0.2) is 5.65 Å². The molecule has 6 aromatic rings. The highest BCUT2D eigenvalue weighted by Crippen LogP contribution is 2.29. The maximum absolute atomic E-state index is 14.3. The molecule has 0 unspecified atom stereocenters. The highest BCUT2D eigenvalue weighted by Gasteiger charge is 2.24. The molecule has 1 N–H and O–H groups in total. The first kappa shape index (κ1) is 25.2. The smallest absolute Gasteiger partial charge is 0.263 e. The molecule has 0 radical (unpaired) electrons. The lowest BCUT2D eigenvalue weighted by Gasteiger charge is -2.22. The first-order chi connectivity index (χ1) is 19.3. The van der Waals surface area contributed by atoms with Crippen molar-refractivity contribution in [2.24, 2.45) is 0 Å². The Kier molecular flexibility index (Phi) is 6.23. The summed E-state index contributed by atoms with van der Waals surface area (Å²) in [5.41, 5.74) is 6.15. The number of fused-ring (bicyclic) bond motifs is 2. The summed E-state index contributed by atoms with van der Waals surface area (Å²) >= 11 is 0. The van der Waals surface area contributed by atoms with Crippen molar-refractivity contribution in [1.29, 1.82) is 0 Å². The normalized spacial score (nSPS) is 12.1. The van der Waals surface area contributed by atoms with E-state index in [-0.39, 0.29) is 11.5 Å². The summed E-state index contributed by atoms with van der Waals surface area (Å²) in [6, 6.07) is 22.6. The molecule has 0 fully saturated rings. The van der Waals surface area contributed by atoms with Crippen LogP contribution < -0.4 is 10.9 Å². The molecule has 0 bridgehead atoms. The minimum Gasteiger partial charge on any atom is -0.344 e. The van der Waals surface area contributed by atoms with Crippen molar-refractivity contribution in [2.45, 2.75) is 33.7 Å². The fourth-order valence-corrected chi connectivity index (χ4v) is 5.24. The topological polar surface area (TPSA) is 94.2 Å². The second-order valence-corrected chi connectivity index (χ2v) is 9.99. The summed E-state index contributed by atoms with van der Waals surface area (Å²) < 4.78 is 3.30. The molecule has 198 valence electrons. The summed E-state index contributed by atoms with van der Waals surface area (Å²) in [6.07, 6.45) is 3.55. The van der Waals surface area contributed by atoms with Crippen LogP contribution in [0.5, 0.6) is 0 Å². The number of carbonyl (C=O) groups excluding carboxylic acids is 1. The molecule has 4 heterocycles. The monoisotopic (exact) mass is 528 g/mol. The van der Waals surface area contributed by atoms with Gasteiger partial charge in [-0.15, -0.1) is 0 Å². The number of hydrogen-bond donors (Lipinski definition) is 1. The van der Waals surface area contributed by atoms with Crippen LogP contribution in [0.3, 0.4) is 0 Å². The van der Waals surface area contributed by atoms with Crippen molar-refractivity contribution in [3.8, 4) is 16.8 Å². The summed E-state index contributed by atoms with van der Waals surface area (Å²) in [5.74, 6) is -0.300. The van der Waals surface area contributed by atoms with Crippen molar-refractivity contribution in [2.75, 3.05) is 0 Å². The van der Waals surface area contributed by atoms with E-state index in [0.717, 1.165) is 33.6 Å². The van der Waals surface area contributed by atoms with E-state index in [9.17, 15) is 9.59 Å². The van der Waals surface area contributed by atoms with Gasteiger partial charge in [0.05, 0.1) is 17.1 Å². The molecule has 40 heavy (non-hydrogen) atoms. The third-order valence-corrected chi connectivity index (χ3v) is 7.11. The quantitative estimate of drug-likeness (QED) is 0.318. The van der Waals surface area contributed by atoms with Crippen LogP contribution in [0.2, 0.25) is 0 Å². The van der Waals surface area contributed by atoms with Gasteiger partial charge in [-0.2, -0.15) is 5.10 Å². The molecule has 6 rings (SSSR count). The van der Waals surface area contributed by atoms with E-state index in [1.54, 1.807) is 28.4 Å². The van der Waals surface area contributed by atoms with E-state index in [2.05, 4.69) is 20.4 Å². The van der Waals surface area contributed by atoms with Gasteiger partial charge in [0.25, 0.3) is 11.5 Å². The molecular weight excluding hydrogens is 500 g/mol. The lowest BCUT2D eigenvalue weighted by atomic mass is 9.98. The lowest BCUT2D eigenvalue weighted by molar-refractivity contribution is 0.0939. The SMILES string of the molecule is Cc1cc(-c2cccc3cc([C@H](C)NC(=O)c4c(C)nn5ccc(C)nc45)n(-c4ccccc4)c(=O)c23)ccn1. The predicted octanol–water partition coefficient (Wildman–Crippen LogP) is 5.51. The zero-order valence-electron chi connectivity index (χ0n) is 22.7. The van der Waals surface area contributed by atoms with Gasteiger partial charge in [-0.1, -0.05) is 36.4 Å². The summed E-state index contributed by atoms with van der Waals surface area (Å²) in [4.78, 5) is 36.8. The van der Waals surface area contributed by atoms with Crippen LogP contribution in [0, 0.1) is 20.8 Å². The average Bonchev–Trinajstić information content (AvgIpc) is 3.27. The number of hydrogen-bond acceptors (Lipinski definition) is 5. The minimum atomic E-state index is -0.504. The van der Waals surface area contributed by atoms with E-state index in [4.69, 9.17) is 0 Å². The third-order valence-electron chi connectivity index (χ3n) is 7.11. The number of benzene rings is 2. The van der Waals surface area contributed by atoms with Gasteiger partial charge in [-0.3, -0.25) is 19.1 Å². The summed E-state index contributed by atoms with van der Waals surface area (Å²) in [5, 5.41) is 8.97. The van der Waals surface area contributed by atoms with Gasteiger partial charge in [-0.25, -0.2) is 9.50 Å². The van der Waals surface area contributed by atoms with Gasteiger partial charge in [0.2, 0.25) is 0 Å². The lowest BCUT2D eigenvalue weighted by Crippen LogP contribution is -2.32. The van der Waals surface area contributed by atoms with Crippen molar-refractivity contribution >= 4 is 22.3 Å². The van der Waals surface area contributed by atoms with E-state index in [1.165, 1.54) is 0 Å². The Bertz CT molecular complexity index is 1970. The molecule has 0 aliphatic rings. The third kappa shape index (κ3) is 4.33. The number of nitrogens with one attached hydrogen (secondary N) is 1. The Hall–Kier alpha value is -5.11. The Morgan fingerprint density at radius 3 is 2.50 bits per heavy atom. The second-order valence-electron chi connectivity index (χ2n) is 9.99. The second kappa shape index (κ2) is 9.89. The first-order valence-corrected chi connectivity index (χ1v) is 13.1. The van der Waals surface area contributed by atoms with Crippen LogP contribution in [0.4, 0.5) is 0 Å². The molecule has 1 amide bonds. The Morgan fingerprint density at radius 2 is 1.73 bits per heavy atom. The zero-order chi connectivity index (χ0) is 28.0. The number of aromatic nitrogens is 5. The number of nitrogens with zero attached hydrogens (tertiary/aromatic N) is 5. The molecule has 8 nitrogen and oxygen atoms in total. The van der Waals surface area contributed by atoms with Crippen molar-refractivity contribution in [3.63, 3.8) is 0 Å². The van der Waals surface area contributed by atoms with Crippen LogP contribution in [0.15, 0.2) is 90.0 Å². The average molecular weight is 529 g/mol. The Labute approximate surface area is 231 Å². The van der Waals surface area contributed by atoms with E-state index >= 15 is 0 Å². The van der Waals surface area contributed by atoms with E-state index in [1.807, 2.05) is 93.6 Å². The Balaban J connectivity index is 1.51. The maximum atomic E-state index is 14.3. The summed E-state index contributed by atoms with van der Waals surface area (Å²) in [7, 11) is 0. The minimum absolute atomic E-state index is 0.158. The van der Waals surface area contributed by atoms with Crippen molar-refractivity contribution < 1.29 is 4.79 Å². The number of carbonyl (C=O) groups is 1. The standard InChI is InChI=1S/C32H28N6O2/c1-19-14-16-37-30(34-19)28(22(4)36-37)31(39)35-21(3)27-18-24-9-8-12-26(23-13-15-33-20(2)17-23)29(24)32(40)38(27)25-10-6-5-7-11-25/h5-18,21H,1-4H3,(H,35,39)/t21-/m0/s1. The zero-order valence-corrected chi connectivity index (χ0v) is 22.7. The first-order valence-electron chi connectivity index (χ1n) is 13.1. The molecule has 1 atom stereocenters. The number of para-hydroxylation sites is 1. The number of rotatable bonds is 5.